The van der Waals surface area contributed by atoms with E-state index in [0.29, 0.717) is 5.95 Å². The average molecular weight is 653 g/mol. The standard InChI is InChI=1S/C46H28N4O/c1-4-14-29(15-5-1)38-28-39(30-16-6-2-7-17-30)48-46(47-38)50-41-26-37-33-21-11-13-23-42(33)51-43(37)27-36(41)35-25-24-34-32-20-10-12-22-40(32)49(44(34)45(35)50)31-18-8-3-9-19-31/h1-28H. The largest absolute Gasteiger partial charge is 0.456 e. The Hall–Kier alpha value is -6.98. The van der Waals surface area contributed by atoms with E-state index in [-0.39, 0.29) is 0 Å². The van der Waals surface area contributed by atoms with Gasteiger partial charge in [-0.15, -0.1) is 0 Å². The first kappa shape index (κ1) is 27.9. The molecule has 238 valence electrons. The number of nitrogens with zero attached hydrogens (tertiary/aromatic N) is 4. The SMILES string of the molecule is c1ccc(-c2cc(-c3ccccc3)nc(-n3c4cc5c(cc4c4ccc6c7ccccc7n(-c7ccccc7)c6c43)oc3ccccc35)n2)cc1. The van der Waals surface area contributed by atoms with Gasteiger partial charge in [0.25, 0.3) is 0 Å². The molecule has 0 fully saturated rings. The molecule has 11 aromatic rings. The molecule has 4 aromatic heterocycles. The van der Waals surface area contributed by atoms with Gasteiger partial charge in [-0.05, 0) is 42.5 Å². The molecule has 4 heterocycles. The molecule has 0 N–H and O–H groups in total. The quantitative estimate of drug-likeness (QED) is 0.190. The summed E-state index contributed by atoms with van der Waals surface area (Å²) in [7, 11) is 0. The Balaban J connectivity index is 1.36. The van der Waals surface area contributed by atoms with Gasteiger partial charge in [0, 0.05) is 49.1 Å². The lowest BCUT2D eigenvalue weighted by Crippen LogP contribution is -2.05. The van der Waals surface area contributed by atoms with Crippen molar-refractivity contribution >= 4 is 65.6 Å². The molecule has 7 aromatic carbocycles. The van der Waals surface area contributed by atoms with E-state index in [1.807, 2.05) is 24.3 Å². The number of fused-ring (bicyclic) bond motifs is 10. The Labute approximate surface area is 292 Å². The van der Waals surface area contributed by atoms with Crippen LogP contribution >= 0.6 is 0 Å². The molecule has 0 spiro atoms. The third-order valence-corrected chi connectivity index (χ3v) is 10.1. The van der Waals surface area contributed by atoms with E-state index < -0.39 is 0 Å². The third-order valence-electron chi connectivity index (χ3n) is 10.1. The normalized spacial score (nSPS) is 11.9. The summed E-state index contributed by atoms with van der Waals surface area (Å²) in [6, 6.07) is 59.4. The maximum absolute atomic E-state index is 6.46. The van der Waals surface area contributed by atoms with Crippen LogP contribution in [0.25, 0.3) is 99.7 Å². The first-order valence-corrected chi connectivity index (χ1v) is 17.2. The molecule has 11 rings (SSSR count). The van der Waals surface area contributed by atoms with Crippen LogP contribution in [0.4, 0.5) is 0 Å². The number of hydrogen-bond acceptors (Lipinski definition) is 3. The molecule has 0 bridgehead atoms. The van der Waals surface area contributed by atoms with Crippen LogP contribution in [0.5, 0.6) is 0 Å². The van der Waals surface area contributed by atoms with Crippen molar-refractivity contribution in [1.82, 2.24) is 19.1 Å². The van der Waals surface area contributed by atoms with Crippen molar-refractivity contribution in [3.63, 3.8) is 0 Å². The van der Waals surface area contributed by atoms with Crippen molar-refractivity contribution in [2.45, 2.75) is 0 Å². The molecular weight excluding hydrogens is 625 g/mol. The van der Waals surface area contributed by atoms with Gasteiger partial charge in [-0.1, -0.05) is 127 Å². The average Bonchev–Trinajstić information content (AvgIpc) is 3.85. The summed E-state index contributed by atoms with van der Waals surface area (Å²) < 4.78 is 11.1. The maximum Gasteiger partial charge on any atom is 0.235 e. The van der Waals surface area contributed by atoms with E-state index in [0.717, 1.165) is 83.0 Å². The Bertz CT molecular complexity index is 3060. The van der Waals surface area contributed by atoms with Crippen LogP contribution < -0.4 is 0 Å². The zero-order chi connectivity index (χ0) is 33.5. The van der Waals surface area contributed by atoms with Crippen molar-refractivity contribution in [2.24, 2.45) is 0 Å². The number of furan rings is 1. The third kappa shape index (κ3) is 4.15. The summed E-state index contributed by atoms with van der Waals surface area (Å²) in [5.74, 6) is 0.611. The van der Waals surface area contributed by atoms with E-state index in [1.54, 1.807) is 0 Å². The second-order valence-corrected chi connectivity index (χ2v) is 13.0. The zero-order valence-corrected chi connectivity index (χ0v) is 27.4. The lowest BCUT2D eigenvalue weighted by atomic mass is 10.1. The highest BCUT2D eigenvalue weighted by molar-refractivity contribution is 6.25. The van der Waals surface area contributed by atoms with Gasteiger partial charge >= 0.3 is 0 Å². The van der Waals surface area contributed by atoms with Crippen molar-refractivity contribution in [3.8, 4) is 34.2 Å². The highest BCUT2D eigenvalue weighted by Gasteiger charge is 2.24. The Morgan fingerprint density at radius 2 is 0.941 bits per heavy atom. The number of rotatable bonds is 4. The number of hydrogen-bond donors (Lipinski definition) is 0. The predicted molar refractivity (Wildman–Crippen MR) is 209 cm³/mol. The van der Waals surface area contributed by atoms with E-state index in [4.69, 9.17) is 14.4 Å². The van der Waals surface area contributed by atoms with E-state index in [2.05, 4.69) is 155 Å². The summed E-state index contributed by atoms with van der Waals surface area (Å²) in [5.41, 5.74) is 10.9. The fraction of sp³-hybridized carbons (Fsp3) is 0. The molecule has 5 heteroatoms. The molecule has 0 unspecified atom stereocenters. The molecule has 0 aliphatic rings. The minimum absolute atomic E-state index is 0.611. The summed E-state index contributed by atoms with van der Waals surface area (Å²) in [6.45, 7) is 0. The van der Waals surface area contributed by atoms with Gasteiger partial charge in [0.2, 0.25) is 5.95 Å². The van der Waals surface area contributed by atoms with Crippen LogP contribution in [0, 0.1) is 0 Å². The molecule has 51 heavy (non-hydrogen) atoms. The molecule has 5 nitrogen and oxygen atoms in total. The van der Waals surface area contributed by atoms with Crippen molar-refractivity contribution in [1.29, 1.82) is 0 Å². The zero-order valence-electron chi connectivity index (χ0n) is 27.4. The fourth-order valence-electron chi connectivity index (χ4n) is 7.87. The van der Waals surface area contributed by atoms with Gasteiger partial charge in [0.15, 0.2) is 0 Å². The summed E-state index contributed by atoms with van der Waals surface area (Å²) in [6.07, 6.45) is 0. The summed E-state index contributed by atoms with van der Waals surface area (Å²) in [5, 5.41) is 6.69. The maximum atomic E-state index is 6.46. The van der Waals surface area contributed by atoms with E-state index in [9.17, 15) is 0 Å². The second kappa shape index (κ2) is 10.8. The van der Waals surface area contributed by atoms with Crippen LogP contribution in [0.2, 0.25) is 0 Å². The van der Waals surface area contributed by atoms with Crippen molar-refractivity contribution < 1.29 is 4.42 Å². The van der Waals surface area contributed by atoms with Crippen LogP contribution in [0.15, 0.2) is 174 Å². The highest BCUT2D eigenvalue weighted by atomic mass is 16.3. The van der Waals surface area contributed by atoms with Crippen molar-refractivity contribution in [3.05, 3.63) is 170 Å². The lowest BCUT2D eigenvalue weighted by Gasteiger charge is -2.14. The van der Waals surface area contributed by atoms with Crippen LogP contribution in [0.1, 0.15) is 0 Å². The molecule has 0 radical (unpaired) electrons. The summed E-state index contributed by atoms with van der Waals surface area (Å²) >= 11 is 0. The highest BCUT2D eigenvalue weighted by Crippen LogP contribution is 2.43. The second-order valence-electron chi connectivity index (χ2n) is 13.0. The lowest BCUT2D eigenvalue weighted by molar-refractivity contribution is 0.669. The molecule has 0 atom stereocenters. The molecule has 0 saturated carbocycles. The minimum Gasteiger partial charge on any atom is -0.456 e. The minimum atomic E-state index is 0.611. The monoisotopic (exact) mass is 652 g/mol. The summed E-state index contributed by atoms with van der Waals surface area (Å²) in [4.78, 5) is 10.8. The first-order valence-electron chi connectivity index (χ1n) is 17.2. The number of aromatic nitrogens is 4. The smallest absolute Gasteiger partial charge is 0.235 e. The van der Waals surface area contributed by atoms with Crippen LogP contribution in [-0.4, -0.2) is 19.1 Å². The molecule has 0 aliphatic heterocycles. The Morgan fingerprint density at radius 3 is 1.65 bits per heavy atom. The van der Waals surface area contributed by atoms with E-state index in [1.165, 1.54) is 10.8 Å². The topological polar surface area (TPSA) is 48.8 Å². The first-order chi connectivity index (χ1) is 25.3. The van der Waals surface area contributed by atoms with Gasteiger partial charge < -0.3 is 8.98 Å². The number of para-hydroxylation sites is 3. The molecular formula is C46H28N4O. The van der Waals surface area contributed by atoms with Gasteiger partial charge in [-0.25, -0.2) is 9.97 Å². The molecule has 0 amide bonds. The van der Waals surface area contributed by atoms with E-state index >= 15 is 0 Å². The van der Waals surface area contributed by atoms with Crippen LogP contribution in [-0.2, 0) is 0 Å². The van der Waals surface area contributed by atoms with Gasteiger partial charge in [0.1, 0.15) is 11.2 Å². The molecule has 0 saturated heterocycles. The van der Waals surface area contributed by atoms with Crippen LogP contribution in [0.3, 0.4) is 0 Å². The van der Waals surface area contributed by atoms with Gasteiger partial charge in [-0.3, -0.25) is 4.57 Å². The van der Waals surface area contributed by atoms with Crippen molar-refractivity contribution in [2.75, 3.05) is 0 Å². The molecule has 0 aliphatic carbocycles. The Morgan fingerprint density at radius 1 is 0.373 bits per heavy atom. The number of benzene rings is 7. The Kier molecular flexibility index (Phi) is 5.89. The van der Waals surface area contributed by atoms with Gasteiger partial charge in [-0.2, -0.15) is 0 Å². The predicted octanol–water partition coefficient (Wildman–Crippen LogP) is 11.9. The van der Waals surface area contributed by atoms with Gasteiger partial charge in [0.05, 0.1) is 33.5 Å². The fourth-order valence-corrected chi connectivity index (χ4v) is 7.87.